The summed E-state index contributed by atoms with van der Waals surface area (Å²) >= 11 is 0. The summed E-state index contributed by atoms with van der Waals surface area (Å²) < 4.78 is 2.05. The van der Waals surface area contributed by atoms with Crippen LogP contribution in [0.4, 0.5) is 0 Å². The van der Waals surface area contributed by atoms with Crippen molar-refractivity contribution in [1.82, 2.24) is 14.5 Å². The van der Waals surface area contributed by atoms with E-state index in [2.05, 4.69) is 35.3 Å². The third-order valence-electron chi connectivity index (χ3n) is 2.19. The first-order valence-corrected chi connectivity index (χ1v) is 4.27. The molecule has 1 heterocycles. The topological polar surface area (TPSA) is 21.1 Å². The monoisotopic (exact) mass is 167 g/mol. The Morgan fingerprint density at radius 3 is 2.67 bits per heavy atom. The molecule has 0 fully saturated rings. The highest BCUT2D eigenvalue weighted by atomic mass is 15.2. The van der Waals surface area contributed by atoms with Gasteiger partial charge in [0.05, 0.1) is 6.54 Å². The van der Waals surface area contributed by atoms with Gasteiger partial charge in [-0.05, 0) is 20.9 Å². The normalized spacial score (nSPS) is 11.5. The van der Waals surface area contributed by atoms with Crippen LogP contribution in [0.3, 0.4) is 0 Å². The van der Waals surface area contributed by atoms with Crippen LogP contribution in [0, 0.1) is 0 Å². The molecule has 1 aromatic heterocycles. The molecule has 0 N–H and O–H groups in total. The Balaban J connectivity index is 2.58. The van der Waals surface area contributed by atoms with E-state index >= 15 is 0 Å². The van der Waals surface area contributed by atoms with Crippen molar-refractivity contribution in [3.05, 3.63) is 18.2 Å². The second-order valence-electron chi connectivity index (χ2n) is 3.46. The number of rotatable bonds is 3. The molecule has 0 spiro atoms. The minimum absolute atomic E-state index is 0.571. The lowest BCUT2D eigenvalue weighted by Crippen LogP contribution is -2.26. The molecule has 0 aromatic carbocycles. The molecule has 0 unspecified atom stereocenters. The molecule has 1 aromatic rings. The van der Waals surface area contributed by atoms with Gasteiger partial charge in [-0.2, -0.15) is 0 Å². The standard InChI is InChI=1S/C9H17N3/c1-8(2)12(4)7-9-10-5-6-11(9)3/h5-6,8H,7H2,1-4H3. The number of imidazole rings is 1. The third-order valence-corrected chi connectivity index (χ3v) is 2.19. The molecule has 0 radical (unpaired) electrons. The maximum absolute atomic E-state index is 4.26. The van der Waals surface area contributed by atoms with E-state index in [9.17, 15) is 0 Å². The van der Waals surface area contributed by atoms with Crippen LogP contribution >= 0.6 is 0 Å². The fourth-order valence-corrected chi connectivity index (χ4v) is 0.954. The van der Waals surface area contributed by atoms with Crippen LogP contribution < -0.4 is 0 Å². The molecule has 0 bridgehead atoms. The molecule has 1 rings (SSSR count). The SMILES string of the molecule is CC(C)N(C)Cc1nccn1C. The van der Waals surface area contributed by atoms with Gasteiger partial charge in [0.2, 0.25) is 0 Å². The molecule has 3 heteroatoms. The highest BCUT2D eigenvalue weighted by Gasteiger charge is 2.06. The average molecular weight is 167 g/mol. The lowest BCUT2D eigenvalue weighted by molar-refractivity contribution is 0.257. The Kier molecular flexibility index (Phi) is 2.87. The van der Waals surface area contributed by atoms with Gasteiger partial charge in [-0.1, -0.05) is 0 Å². The minimum atomic E-state index is 0.571. The van der Waals surface area contributed by atoms with Crippen molar-refractivity contribution >= 4 is 0 Å². The first-order chi connectivity index (χ1) is 5.61. The second kappa shape index (κ2) is 3.72. The molecule has 12 heavy (non-hydrogen) atoms. The number of aromatic nitrogens is 2. The predicted molar refractivity (Wildman–Crippen MR) is 49.8 cm³/mol. The molecule has 0 saturated carbocycles. The summed E-state index contributed by atoms with van der Waals surface area (Å²) in [5.74, 6) is 1.12. The number of hydrogen-bond acceptors (Lipinski definition) is 2. The Morgan fingerprint density at radius 2 is 2.25 bits per heavy atom. The van der Waals surface area contributed by atoms with Crippen molar-refractivity contribution in [1.29, 1.82) is 0 Å². The van der Waals surface area contributed by atoms with Crippen LogP contribution in [0.1, 0.15) is 19.7 Å². The first kappa shape index (κ1) is 9.26. The lowest BCUT2D eigenvalue weighted by Gasteiger charge is -2.20. The molecule has 0 amide bonds. The van der Waals surface area contributed by atoms with E-state index in [0.717, 1.165) is 12.4 Å². The highest BCUT2D eigenvalue weighted by molar-refractivity contribution is 4.90. The molecular weight excluding hydrogens is 150 g/mol. The molecule has 3 nitrogen and oxygen atoms in total. The van der Waals surface area contributed by atoms with Crippen LogP contribution in [0.15, 0.2) is 12.4 Å². The molecule has 68 valence electrons. The van der Waals surface area contributed by atoms with E-state index in [1.165, 1.54) is 0 Å². The van der Waals surface area contributed by atoms with Gasteiger partial charge < -0.3 is 4.57 Å². The van der Waals surface area contributed by atoms with E-state index in [4.69, 9.17) is 0 Å². The maximum Gasteiger partial charge on any atom is 0.122 e. The summed E-state index contributed by atoms with van der Waals surface area (Å²) in [6.45, 7) is 5.28. The zero-order valence-electron chi connectivity index (χ0n) is 8.28. The van der Waals surface area contributed by atoms with Crippen LogP contribution in [0.2, 0.25) is 0 Å². The second-order valence-corrected chi connectivity index (χ2v) is 3.46. The zero-order chi connectivity index (χ0) is 9.14. The van der Waals surface area contributed by atoms with Crippen LogP contribution in [-0.2, 0) is 13.6 Å². The number of nitrogens with zero attached hydrogens (tertiary/aromatic N) is 3. The maximum atomic E-state index is 4.26. The molecule has 0 saturated heterocycles. The number of aryl methyl sites for hydroxylation is 1. The smallest absolute Gasteiger partial charge is 0.122 e. The van der Waals surface area contributed by atoms with E-state index in [0.29, 0.717) is 6.04 Å². The predicted octanol–water partition coefficient (Wildman–Crippen LogP) is 1.26. The fraction of sp³-hybridized carbons (Fsp3) is 0.667. The van der Waals surface area contributed by atoms with Crippen LogP contribution in [0.25, 0.3) is 0 Å². The van der Waals surface area contributed by atoms with E-state index in [1.54, 1.807) is 0 Å². The van der Waals surface area contributed by atoms with Crippen molar-refractivity contribution in [3.8, 4) is 0 Å². The third kappa shape index (κ3) is 2.08. The Hall–Kier alpha value is -0.830. The molecular formula is C9H17N3. The zero-order valence-corrected chi connectivity index (χ0v) is 8.28. The Morgan fingerprint density at radius 1 is 1.58 bits per heavy atom. The highest BCUT2D eigenvalue weighted by Crippen LogP contribution is 2.02. The van der Waals surface area contributed by atoms with Crippen molar-refractivity contribution < 1.29 is 0 Å². The summed E-state index contributed by atoms with van der Waals surface area (Å²) in [5, 5.41) is 0. The minimum Gasteiger partial charge on any atom is -0.337 e. The quantitative estimate of drug-likeness (QED) is 0.675. The van der Waals surface area contributed by atoms with Crippen molar-refractivity contribution in [3.63, 3.8) is 0 Å². The summed E-state index contributed by atoms with van der Waals surface area (Å²) in [5.41, 5.74) is 0. The summed E-state index contributed by atoms with van der Waals surface area (Å²) in [4.78, 5) is 6.53. The lowest BCUT2D eigenvalue weighted by atomic mass is 10.3. The largest absolute Gasteiger partial charge is 0.337 e. The fourth-order valence-electron chi connectivity index (χ4n) is 0.954. The van der Waals surface area contributed by atoms with E-state index < -0.39 is 0 Å². The van der Waals surface area contributed by atoms with Gasteiger partial charge in [0.15, 0.2) is 0 Å². The molecule has 0 aliphatic heterocycles. The van der Waals surface area contributed by atoms with Crippen molar-refractivity contribution in [2.45, 2.75) is 26.4 Å². The average Bonchev–Trinajstić information content (AvgIpc) is 2.36. The van der Waals surface area contributed by atoms with Gasteiger partial charge in [-0.25, -0.2) is 4.98 Å². The molecule has 0 aliphatic carbocycles. The van der Waals surface area contributed by atoms with Crippen LogP contribution in [0.5, 0.6) is 0 Å². The van der Waals surface area contributed by atoms with Gasteiger partial charge >= 0.3 is 0 Å². The van der Waals surface area contributed by atoms with E-state index in [-0.39, 0.29) is 0 Å². The van der Waals surface area contributed by atoms with Gasteiger partial charge in [-0.3, -0.25) is 4.90 Å². The number of hydrogen-bond donors (Lipinski definition) is 0. The summed E-state index contributed by atoms with van der Waals surface area (Å²) in [7, 11) is 4.13. The summed E-state index contributed by atoms with van der Waals surface area (Å²) in [6.07, 6.45) is 3.81. The summed E-state index contributed by atoms with van der Waals surface area (Å²) in [6, 6.07) is 0.571. The van der Waals surface area contributed by atoms with Gasteiger partial charge in [-0.15, -0.1) is 0 Å². The van der Waals surface area contributed by atoms with Gasteiger partial charge in [0.25, 0.3) is 0 Å². The Bertz CT molecular complexity index is 240. The van der Waals surface area contributed by atoms with Gasteiger partial charge in [0.1, 0.15) is 5.82 Å². The molecule has 0 aliphatic rings. The van der Waals surface area contributed by atoms with Crippen molar-refractivity contribution in [2.24, 2.45) is 7.05 Å². The van der Waals surface area contributed by atoms with Crippen molar-refractivity contribution in [2.75, 3.05) is 7.05 Å². The van der Waals surface area contributed by atoms with Crippen LogP contribution in [-0.4, -0.2) is 27.5 Å². The molecule has 0 atom stereocenters. The van der Waals surface area contributed by atoms with Gasteiger partial charge in [0, 0.05) is 25.5 Å². The first-order valence-electron chi connectivity index (χ1n) is 4.27. The van der Waals surface area contributed by atoms with E-state index in [1.807, 2.05) is 19.4 Å². The Labute approximate surface area is 74.0 Å².